The van der Waals surface area contributed by atoms with Crippen LogP contribution >= 0.6 is 23.4 Å². The normalized spacial score (nSPS) is 17.0. The summed E-state index contributed by atoms with van der Waals surface area (Å²) in [5, 5.41) is 14.4. The van der Waals surface area contributed by atoms with Gasteiger partial charge in [0.1, 0.15) is 0 Å². The summed E-state index contributed by atoms with van der Waals surface area (Å²) in [7, 11) is 0. The van der Waals surface area contributed by atoms with Gasteiger partial charge in [0, 0.05) is 22.7 Å². The minimum absolute atomic E-state index is 0.0890. The Hall–Kier alpha value is -2.64. The molecule has 3 rings (SSSR count). The Balaban J connectivity index is 1.92. The number of non-ortho nitro benzene ring substituents is 1. The van der Waals surface area contributed by atoms with E-state index in [4.69, 9.17) is 11.6 Å². The summed E-state index contributed by atoms with van der Waals surface area (Å²) >= 11 is 7.26. The summed E-state index contributed by atoms with van der Waals surface area (Å²) in [6.07, 6.45) is 1.53. The summed E-state index contributed by atoms with van der Waals surface area (Å²) < 4.78 is 0. The van der Waals surface area contributed by atoms with Crippen molar-refractivity contribution in [3.05, 3.63) is 73.1 Å². The van der Waals surface area contributed by atoms with Gasteiger partial charge < -0.3 is 5.32 Å². The van der Waals surface area contributed by atoms with Crippen LogP contribution < -0.4 is 5.32 Å². The molecule has 2 aromatic rings. The lowest BCUT2D eigenvalue weighted by atomic mass is 10.1. The topological polar surface area (TPSA) is 84.6 Å². The van der Waals surface area contributed by atoms with Gasteiger partial charge in [-0.25, -0.2) is 4.99 Å². The summed E-state index contributed by atoms with van der Waals surface area (Å²) in [5.74, 6) is -0.318. The van der Waals surface area contributed by atoms with Crippen LogP contribution in [0.2, 0.25) is 5.02 Å². The summed E-state index contributed by atoms with van der Waals surface area (Å²) in [6, 6.07) is 10.00. The minimum atomic E-state index is -0.506. The number of amides is 1. The zero-order valence-corrected chi connectivity index (χ0v) is 15.5. The lowest BCUT2D eigenvalue weighted by molar-refractivity contribution is -0.384. The molecule has 1 saturated heterocycles. The van der Waals surface area contributed by atoms with E-state index in [1.807, 2.05) is 32.0 Å². The Labute approximate surface area is 159 Å². The van der Waals surface area contributed by atoms with Crippen LogP contribution in [-0.2, 0) is 4.79 Å². The van der Waals surface area contributed by atoms with Crippen LogP contribution in [0.4, 0.5) is 11.4 Å². The van der Waals surface area contributed by atoms with Crippen molar-refractivity contribution in [2.45, 2.75) is 13.8 Å². The molecule has 1 amide bonds. The molecule has 0 radical (unpaired) electrons. The predicted molar refractivity (Wildman–Crippen MR) is 105 cm³/mol. The SMILES string of the molecule is Cc1ccc(C)c(N=C2NC(=O)/C(=C/c3cc([N+](=O)[O-])ccc3Cl)S2)c1. The molecule has 1 fully saturated rings. The number of carbonyl (C=O) groups excluding carboxylic acids is 1. The fraction of sp³-hybridized carbons (Fsp3) is 0.111. The molecule has 2 aromatic carbocycles. The van der Waals surface area contributed by atoms with Crippen LogP contribution in [-0.4, -0.2) is 16.0 Å². The van der Waals surface area contributed by atoms with Crippen molar-refractivity contribution in [1.82, 2.24) is 5.32 Å². The third-order valence-corrected chi connectivity index (χ3v) is 4.97. The van der Waals surface area contributed by atoms with E-state index >= 15 is 0 Å². The molecule has 6 nitrogen and oxygen atoms in total. The standard InChI is InChI=1S/C18H14ClN3O3S/c1-10-3-4-11(2)15(7-10)20-18-21-17(23)16(26-18)9-12-8-13(22(24)25)5-6-14(12)19/h3-9H,1-2H3,(H,20,21,23)/b16-9-. The first kappa shape index (κ1) is 18.2. The smallest absolute Gasteiger partial charge is 0.270 e. The highest BCUT2D eigenvalue weighted by Gasteiger charge is 2.24. The Morgan fingerprint density at radius 3 is 2.73 bits per heavy atom. The van der Waals surface area contributed by atoms with Crippen LogP contribution in [0, 0.1) is 24.0 Å². The van der Waals surface area contributed by atoms with Crippen molar-refractivity contribution < 1.29 is 9.72 Å². The molecule has 0 unspecified atom stereocenters. The molecular weight excluding hydrogens is 374 g/mol. The van der Waals surface area contributed by atoms with Crippen LogP contribution in [0.25, 0.3) is 6.08 Å². The highest BCUT2D eigenvalue weighted by molar-refractivity contribution is 8.18. The van der Waals surface area contributed by atoms with Crippen molar-refractivity contribution in [2.24, 2.45) is 4.99 Å². The zero-order valence-electron chi connectivity index (χ0n) is 13.9. The fourth-order valence-corrected chi connectivity index (χ4v) is 3.32. The number of halogens is 1. The number of carbonyl (C=O) groups is 1. The predicted octanol–water partition coefficient (Wildman–Crippen LogP) is 4.76. The second-order valence-corrected chi connectivity index (χ2v) is 7.17. The number of amidine groups is 1. The molecule has 0 bridgehead atoms. The van der Waals surface area contributed by atoms with E-state index in [0.29, 0.717) is 20.7 Å². The fourth-order valence-electron chi connectivity index (χ4n) is 2.33. The molecule has 26 heavy (non-hydrogen) atoms. The maximum absolute atomic E-state index is 12.2. The number of benzene rings is 2. The minimum Gasteiger partial charge on any atom is -0.300 e. The van der Waals surface area contributed by atoms with Gasteiger partial charge in [-0.3, -0.25) is 14.9 Å². The van der Waals surface area contributed by atoms with Crippen molar-refractivity contribution >= 4 is 51.9 Å². The van der Waals surface area contributed by atoms with Crippen molar-refractivity contribution in [1.29, 1.82) is 0 Å². The summed E-state index contributed by atoms with van der Waals surface area (Å²) in [4.78, 5) is 27.5. The largest absolute Gasteiger partial charge is 0.300 e. The van der Waals surface area contributed by atoms with Gasteiger partial charge >= 0.3 is 0 Å². The number of aliphatic imine (C=N–C) groups is 1. The molecule has 0 spiro atoms. The molecule has 1 aliphatic heterocycles. The maximum Gasteiger partial charge on any atom is 0.270 e. The third-order valence-electron chi connectivity index (χ3n) is 3.71. The van der Waals surface area contributed by atoms with Gasteiger partial charge in [0.2, 0.25) is 0 Å². The third kappa shape index (κ3) is 3.95. The molecule has 1 heterocycles. The lowest BCUT2D eigenvalue weighted by Gasteiger charge is -2.02. The Bertz CT molecular complexity index is 986. The second-order valence-electron chi connectivity index (χ2n) is 5.73. The highest BCUT2D eigenvalue weighted by Crippen LogP contribution is 2.32. The monoisotopic (exact) mass is 387 g/mol. The Morgan fingerprint density at radius 2 is 2.00 bits per heavy atom. The number of thioether (sulfide) groups is 1. The Kier molecular flexibility index (Phi) is 5.11. The number of nitro benzene ring substituents is 1. The van der Waals surface area contributed by atoms with E-state index in [1.54, 1.807) is 0 Å². The van der Waals surface area contributed by atoms with E-state index in [0.717, 1.165) is 16.8 Å². The van der Waals surface area contributed by atoms with E-state index < -0.39 is 4.92 Å². The van der Waals surface area contributed by atoms with Gasteiger partial charge in [-0.05, 0) is 54.9 Å². The number of nitrogens with zero attached hydrogens (tertiary/aromatic N) is 2. The molecular formula is C18H14ClN3O3S. The van der Waals surface area contributed by atoms with Gasteiger partial charge in [-0.2, -0.15) is 0 Å². The number of rotatable bonds is 3. The first-order valence-electron chi connectivity index (χ1n) is 7.64. The number of nitro groups is 1. The van der Waals surface area contributed by atoms with Gasteiger partial charge in [0.25, 0.3) is 11.6 Å². The maximum atomic E-state index is 12.2. The lowest BCUT2D eigenvalue weighted by Crippen LogP contribution is -2.19. The quantitative estimate of drug-likeness (QED) is 0.467. The molecule has 8 heteroatoms. The Morgan fingerprint density at radius 1 is 1.23 bits per heavy atom. The average molecular weight is 388 g/mol. The van der Waals surface area contributed by atoms with Crippen LogP contribution in [0.3, 0.4) is 0 Å². The molecule has 1 aliphatic rings. The molecule has 0 saturated carbocycles. The van der Waals surface area contributed by atoms with Crippen LogP contribution in [0.5, 0.6) is 0 Å². The number of aryl methyl sites for hydroxylation is 2. The summed E-state index contributed by atoms with van der Waals surface area (Å²) in [6.45, 7) is 3.92. The first-order chi connectivity index (χ1) is 12.3. The van der Waals surface area contributed by atoms with E-state index in [2.05, 4.69) is 10.3 Å². The second kappa shape index (κ2) is 7.31. The van der Waals surface area contributed by atoms with Crippen molar-refractivity contribution in [3.8, 4) is 0 Å². The number of hydrogen-bond donors (Lipinski definition) is 1. The van der Waals surface area contributed by atoms with Gasteiger partial charge in [0.15, 0.2) is 5.17 Å². The van der Waals surface area contributed by atoms with Gasteiger partial charge in [-0.1, -0.05) is 23.7 Å². The van der Waals surface area contributed by atoms with E-state index in [-0.39, 0.29) is 11.6 Å². The molecule has 1 N–H and O–H groups in total. The average Bonchev–Trinajstić information content (AvgIpc) is 2.92. The van der Waals surface area contributed by atoms with Gasteiger partial charge in [0.05, 0.1) is 15.5 Å². The van der Waals surface area contributed by atoms with Crippen LogP contribution in [0.1, 0.15) is 16.7 Å². The first-order valence-corrected chi connectivity index (χ1v) is 8.84. The molecule has 0 atom stereocenters. The zero-order chi connectivity index (χ0) is 18.8. The van der Waals surface area contributed by atoms with Crippen LogP contribution in [0.15, 0.2) is 46.3 Å². The highest BCUT2D eigenvalue weighted by atomic mass is 35.5. The van der Waals surface area contributed by atoms with Crippen molar-refractivity contribution in [2.75, 3.05) is 0 Å². The van der Waals surface area contributed by atoms with Crippen molar-refractivity contribution in [3.63, 3.8) is 0 Å². The summed E-state index contributed by atoms with van der Waals surface area (Å²) in [5.41, 5.74) is 3.17. The molecule has 132 valence electrons. The van der Waals surface area contributed by atoms with Gasteiger partial charge in [-0.15, -0.1) is 0 Å². The van der Waals surface area contributed by atoms with E-state index in [9.17, 15) is 14.9 Å². The van der Waals surface area contributed by atoms with E-state index in [1.165, 1.54) is 36.0 Å². The number of nitrogens with one attached hydrogen (secondary N) is 1. The molecule has 0 aliphatic carbocycles. The number of hydrogen-bond acceptors (Lipinski definition) is 5. The molecule has 0 aromatic heterocycles.